The van der Waals surface area contributed by atoms with Gasteiger partial charge in [-0.1, -0.05) is 120 Å². The molecule has 1 aromatic carbocycles. The van der Waals surface area contributed by atoms with E-state index in [1.165, 1.54) is 83.5 Å². The van der Waals surface area contributed by atoms with Gasteiger partial charge in [-0.3, -0.25) is 9.78 Å². The predicted octanol–water partition coefficient (Wildman–Crippen LogP) is 9.61. The molecule has 1 N–H and O–H groups in total. The van der Waals surface area contributed by atoms with Gasteiger partial charge in [0.25, 0.3) is 0 Å². The van der Waals surface area contributed by atoms with Gasteiger partial charge in [-0.25, -0.2) is 0 Å². The quantitative estimate of drug-likeness (QED) is 0.154. The Bertz CT molecular complexity index is 1000. The first-order valence-electron chi connectivity index (χ1n) is 14.9. The fourth-order valence-corrected chi connectivity index (χ4v) is 4.54. The van der Waals surface area contributed by atoms with Crippen LogP contribution in [0.3, 0.4) is 0 Å². The second-order valence-electron chi connectivity index (χ2n) is 10.1. The first kappa shape index (κ1) is 30.4. The summed E-state index contributed by atoms with van der Waals surface area (Å²) in [6, 6.07) is 9.80. The van der Waals surface area contributed by atoms with E-state index in [4.69, 9.17) is 0 Å². The topological polar surface area (TPSA) is 42.0 Å². The summed E-state index contributed by atoms with van der Waals surface area (Å²) in [5, 5.41) is 4.06. The first-order chi connectivity index (χ1) is 18.3. The van der Waals surface area contributed by atoms with Crippen LogP contribution in [-0.4, -0.2) is 10.9 Å². The van der Waals surface area contributed by atoms with Gasteiger partial charge in [0.05, 0.1) is 11.2 Å². The molecule has 1 heterocycles. The number of amides is 1. The van der Waals surface area contributed by atoms with Crippen molar-refractivity contribution in [2.75, 3.05) is 5.32 Å². The number of hydrogen-bond donors (Lipinski definition) is 1. The monoisotopic (exact) mass is 500 g/mol. The number of carbonyl (C=O) groups is 1. The van der Waals surface area contributed by atoms with Crippen molar-refractivity contribution in [2.45, 2.75) is 129 Å². The van der Waals surface area contributed by atoms with Crippen LogP contribution in [0, 0.1) is 23.7 Å². The van der Waals surface area contributed by atoms with E-state index >= 15 is 0 Å². The summed E-state index contributed by atoms with van der Waals surface area (Å²) in [4.78, 5) is 16.7. The number of para-hydroxylation sites is 1. The Morgan fingerprint density at radius 1 is 0.703 bits per heavy atom. The normalized spacial score (nSPS) is 10.4. The van der Waals surface area contributed by atoms with E-state index in [0.29, 0.717) is 6.42 Å². The molecule has 0 saturated heterocycles. The maximum Gasteiger partial charge on any atom is 0.224 e. The van der Waals surface area contributed by atoms with Gasteiger partial charge in [-0.2, -0.15) is 0 Å². The molecule has 0 radical (unpaired) electrons. The Morgan fingerprint density at radius 3 is 1.86 bits per heavy atom. The van der Waals surface area contributed by atoms with Crippen LogP contribution in [0.15, 0.2) is 36.5 Å². The molecule has 3 heteroatoms. The van der Waals surface area contributed by atoms with Gasteiger partial charge in [0, 0.05) is 30.8 Å². The van der Waals surface area contributed by atoms with E-state index in [1.54, 1.807) is 6.20 Å². The number of fused-ring (bicyclic) bond motifs is 1. The molecule has 0 unspecified atom stereocenters. The third-order valence-corrected chi connectivity index (χ3v) is 6.76. The zero-order valence-corrected chi connectivity index (χ0v) is 23.3. The molecular weight excluding hydrogens is 452 g/mol. The molecular formula is C34H48N2O. The summed E-state index contributed by atoms with van der Waals surface area (Å²) in [7, 11) is 0. The molecule has 0 bridgehead atoms. The summed E-state index contributed by atoms with van der Waals surface area (Å²) < 4.78 is 0. The Balaban J connectivity index is 1.37. The van der Waals surface area contributed by atoms with Crippen LogP contribution < -0.4 is 5.32 Å². The van der Waals surface area contributed by atoms with Crippen molar-refractivity contribution >= 4 is 22.5 Å². The fraction of sp³-hybridized carbons (Fsp3) is 0.588. The minimum Gasteiger partial charge on any atom is -0.324 e. The predicted molar refractivity (Wildman–Crippen MR) is 159 cm³/mol. The zero-order valence-electron chi connectivity index (χ0n) is 23.3. The summed E-state index contributed by atoms with van der Waals surface area (Å²) in [5.41, 5.74) is 1.65. The number of pyridine rings is 1. The number of benzene rings is 1. The molecule has 0 aliphatic heterocycles. The lowest BCUT2D eigenvalue weighted by molar-refractivity contribution is -0.116. The lowest BCUT2D eigenvalue weighted by Gasteiger charge is -2.08. The Hall–Kier alpha value is -2.78. The summed E-state index contributed by atoms with van der Waals surface area (Å²) in [6.07, 6.45) is 24.7. The fourth-order valence-electron chi connectivity index (χ4n) is 4.54. The highest BCUT2D eigenvalue weighted by Crippen LogP contribution is 2.21. The van der Waals surface area contributed by atoms with Crippen molar-refractivity contribution in [1.82, 2.24) is 4.98 Å². The van der Waals surface area contributed by atoms with Crippen LogP contribution in [0.1, 0.15) is 129 Å². The lowest BCUT2D eigenvalue weighted by Crippen LogP contribution is -2.11. The van der Waals surface area contributed by atoms with Gasteiger partial charge in [-0.15, -0.1) is 0 Å². The maximum absolute atomic E-state index is 12.3. The molecule has 0 aliphatic rings. The Morgan fingerprint density at radius 2 is 1.24 bits per heavy atom. The smallest absolute Gasteiger partial charge is 0.224 e. The van der Waals surface area contributed by atoms with Gasteiger partial charge >= 0.3 is 0 Å². The average Bonchev–Trinajstić information content (AvgIpc) is 2.92. The molecule has 0 fully saturated rings. The second-order valence-corrected chi connectivity index (χ2v) is 10.1. The second kappa shape index (κ2) is 21.3. The van der Waals surface area contributed by atoms with Crippen molar-refractivity contribution < 1.29 is 4.79 Å². The number of rotatable bonds is 19. The number of aromatic nitrogens is 1. The molecule has 0 aliphatic carbocycles. The van der Waals surface area contributed by atoms with Crippen LogP contribution in [0.5, 0.6) is 0 Å². The molecule has 0 saturated carbocycles. The molecule has 1 amide bonds. The SMILES string of the molecule is CCCCCCCCCCCCC#CC#CCCCCCCCCC(=O)Nc1cccc2cccnc12. The van der Waals surface area contributed by atoms with Crippen molar-refractivity contribution in [2.24, 2.45) is 0 Å². The highest BCUT2D eigenvalue weighted by atomic mass is 16.1. The summed E-state index contributed by atoms with van der Waals surface area (Å²) >= 11 is 0. The van der Waals surface area contributed by atoms with E-state index < -0.39 is 0 Å². The zero-order chi connectivity index (χ0) is 26.2. The Kier molecular flexibility index (Phi) is 17.5. The Labute approximate surface area is 226 Å². The number of nitrogens with one attached hydrogen (secondary N) is 1. The van der Waals surface area contributed by atoms with Gasteiger partial charge in [-0.05, 0) is 43.2 Å². The molecule has 2 rings (SSSR count). The van der Waals surface area contributed by atoms with Crippen LogP contribution in [-0.2, 0) is 4.79 Å². The molecule has 37 heavy (non-hydrogen) atoms. The molecule has 0 spiro atoms. The number of anilines is 1. The number of carbonyl (C=O) groups excluding carboxylic acids is 1. The van der Waals surface area contributed by atoms with Crippen molar-refractivity contribution in [3.63, 3.8) is 0 Å². The highest BCUT2D eigenvalue weighted by molar-refractivity contribution is 6.00. The largest absolute Gasteiger partial charge is 0.324 e. The van der Waals surface area contributed by atoms with Gasteiger partial charge in [0.15, 0.2) is 0 Å². The summed E-state index contributed by atoms with van der Waals surface area (Å²) in [6.45, 7) is 2.28. The molecule has 2 aromatic rings. The van der Waals surface area contributed by atoms with Gasteiger partial charge in [0.2, 0.25) is 5.91 Å². The van der Waals surface area contributed by atoms with Crippen molar-refractivity contribution in [3.8, 4) is 23.7 Å². The number of nitrogens with zero attached hydrogens (tertiary/aromatic N) is 1. The van der Waals surface area contributed by atoms with E-state index in [1.807, 2.05) is 30.3 Å². The first-order valence-corrected chi connectivity index (χ1v) is 14.9. The third kappa shape index (κ3) is 15.2. The van der Waals surface area contributed by atoms with E-state index in [9.17, 15) is 4.79 Å². The van der Waals surface area contributed by atoms with Gasteiger partial charge in [0.1, 0.15) is 0 Å². The van der Waals surface area contributed by atoms with Crippen molar-refractivity contribution in [3.05, 3.63) is 36.5 Å². The van der Waals surface area contributed by atoms with E-state index in [2.05, 4.69) is 40.9 Å². The number of unbranched alkanes of at least 4 members (excludes halogenated alkanes) is 16. The highest BCUT2D eigenvalue weighted by Gasteiger charge is 2.06. The van der Waals surface area contributed by atoms with Gasteiger partial charge < -0.3 is 5.32 Å². The summed E-state index contributed by atoms with van der Waals surface area (Å²) in [5.74, 6) is 12.5. The third-order valence-electron chi connectivity index (χ3n) is 6.76. The molecule has 1 aromatic heterocycles. The van der Waals surface area contributed by atoms with Crippen LogP contribution in [0.4, 0.5) is 5.69 Å². The van der Waals surface area contributed by atoms with Crippen LogP contribution in [0.2, 0.25) is 0 Å². The molecule has 0 atom stereocenters. The maximum atomic E-state index is 12.3. The van der Waals surface area contributed by atoms with Crippen LogP contribution in [0.25, 0.3) is 10.9 Å². The lowest BCUT2D eigenvalue weighted by atomic mass is 10.1. The molecule has 3 nitrogen and oxygen atoms in total. The molecule has 200 valence electrons. The van der Waals surface area contributed by atoms with Crippen molar-refractivity contribution in [1.29, 1.82) is 0 Å². The minimum absolute atomic E-state index is 0.0719. The van der Waals surface area contributed by atoms with E-state index in [0.717, 1.165) is 48.7 Å². The minimum atomic E-state index is 0.0719. The standard InChI is InChI=1S/C34H48N2O/c1-2-3-4-5-6-7-8-9-10-11-12-13-14-15-16-17-18-19-20-21-22-23-29-33(37)36-32-28-24-26-31-27-25-30-35-34(31)32/h24-28,30H,2-12,17-23,29H2,1H3,(H,36,37). The van der Waals surface area contributed by atoms with Crippen LogP contribution >= 0.6 is 0 Å². The van der Waals surface area contributed by atoms with E-state index in [-0.39, 0.29) is 5.91 Å². The number of hydrogen-bond acceptors (Lipinski definition) is 2. The average molecular weight is 501 g/mol.